The standard InChI is InChI=1S/C17H32N2O3/c1-5-14-10-13(8-9-21-14)19-15(12-6-7-12)11-18-16(20)22-17(2,3)4/h12-15,19H,5-11H2,1-4H3,(H,18,20). The summed E-state index contributed by atoms with van der Waals surface area (Å²) in [6.45, 7) is 9.32. The van der Waals surface area contributed by atoms with Gasteiger partial charge >= 0.3 is 6.09 Å². The van der Waals surface area contributed by atoms with Crippen molar-refractivity contribution in [2.24, 2.45) is 5.92 Å². The van der Waals surface area contributed by atoms with Crippen LogP contribution < -0.4 is 10.6 Å². The van der Waals surface area contributed by atoms with Crippen LogP contribution >= 0.6 is 0 Å². The van der Waals surface area contributed by atoms with Gasteiger partial charge in [0.2, 0.25) is 0 Å². The minimum atomic E-state index is -0.443. The summed E-state index contributed by atoms with van der Waals surface area (Å²) in [6, 6.07) is 0.859. The molecule has 5 nitrogen and oxygen atoms in total. The maximum absolute atomic E-state index is 11.8. The van der Waals surface area contributed by atoms with Gasteiger partial charge in [-0.25, -0.2) is 4.79 Å². The number of nitrogens with one attached hydrogen (secondary N) is 2. The van der Waals surface area contributed by atoms with Crippen molar-refractivity contribution in [1.82, 2.24) is 10.6 Å². The Morgan fingerprint density at radius 1 is 1.32 bits per heavy atom. The molecule has 3 unspecified atom stereocenters. The number of rotatable bonds is 6. The highest BCUT2D eigenvalue weighted by atomic mass is 16.6. The van der Waals surface area contributed by atoms with E-state index in [0.717, 1.165) is 25.9 Å². The second-order valence-electron chi connectivity index (χ2n) is 7.62. The molecule has 1 amide bonds. The number of alkyl carbamates (subject to hydrolysis) is 1. The maximum Gasteiger partial charge on any atom is 0.407 e. The zero-order chi connectivity index (χ0) is 16.2. The fourth-order valence-electron chi connectivity index (χ4n) is 2.99. The van der Waals surface area contributed by atoms with Gasteiger partial charge in [-0.1, -0.05) is 6.92 Å². The largest absolute Gasteiger partial charge is 0.444 e. The van der Waals surface area contributed by atoms with Gasteiger partial charge in [0.05, 0.1) is 6.10 Å². The summed E-state index contributed by atoms with van der Waals surface area (Å²) in [7, 11) is 0. The SMILES string of the molecule is CCC1CC(NC(CNC(=O)OC(C)(C)C)C2CC2)CCO1. The van der Waals surface area contributed by atoms with E-state index in [-0.39, 0.29) is 6.09 Å². The summed E-state index contributed by atoms with van der Waals surface area (Å²) in [5.74, 6) is 0.692. The number of hydrogen-bond acceptors (Lipinski definition) is 4. The molecule has 0 aromatic rings. The predicted molar refractivity (Wildman–Crippen MR) is 86.9 cm³/mol. The number of amides is 1. The molecular weight excluding hydrogens is 280 g/mol. The summed E-state index contributed by atoms with van der Waals surface area (Å²) in [5.41, 5.74) is -0.443. The van der Waals surface area contributed by atoms with Crippen molar-refractivity contribution in [2.75, 3.05) is 13.2 Å². The number of carbonyl (C=O) groups excluding carboxylic acids is 1. The molecule has 1 saturated carbocycles. The second-order valence-corrected chi connectivity index (χ2v) is 7.62. The Hall–Kier alpha value is -0.810. The van der Waals surface area contributed by atoms with Crippen LogP contribution in [0.1, 0.15) is 59.8 Å². The lowest BCUT2D eigenvalue weighted by Gasteiger charge is -2.33. The van der Waals surface area contributed by atoms with E-state index in [1.54, 1.807) is 0 Å². The molecule has 5 heteroatoms. The van der Waals surface area contributed by atoms with E-state index in [2.05, 4.69) is 17.6 Å². The van der Waals surface area contributed by atoms with E-state index in [0.29, 0.717) is 30.7 Å². The molecule has 0 aromatic heterocycles. The topological polar surface area (TPSA) is 59.6 Å². The van der Waals surface area contributed by atoms with Crippen molar-refractivity contribution >= 4 is 6.09 Å². The Kier molecular flexibility index (Phi) is 6.09. The van der Waals surface area contributed by atoms with E-state index in [1.807, 2.05) is 20.8 Å². The molecule has 2 rings (SSSR count). The molecule has 1 aliphatic heterocycles. The van der Waals surface area contributed by atoms with Crippen LogP contribution in [0.3, 0.4) is 0 Å². The Morgan fingerprint density at radius 2 is 2.05 bits per heavy atom. The van der Waals surface area contributed by atoms with Crippen LogP contribution in [0.2, 0.25) is 0 Å². The van der Waals surface area contributed by atoms with Crippen LogP contribution in [0.5, 0.6) is 0 Å². The zero-order valence-electron chi connectivity index (χ0n) is 14.5. The lowest BCUT2D eigenvalue weighted by atomic mass is 9.99. The monoisotopic (exact) mass is 312 g/mol. The minimum absolute atomic E-state index is 0.321. The van der Waals surface area contributed by atoms with Crippen molar-refractivity contribution in [3.63, 3.8) is 0 Å². The lowest BCUT2D eigenvalue weighted by molar-refractivity contribution is -0.00259. The highest BCUT2D eigenvalue weighted by Crippen LogP contribution is 2.33. The van der Waals surface area contributed by atoms with Crippen molar-refractivity contribution in [3.8, 4) is 0 Å². The van der Waals surface area contributed by atoms with Crippen molar-refractivity contribution in [3.05, 3.63) is 0 Å². The molecular formula is C17H32N2O3. The molecule has 0 spiro atoms. The van der Waals surface area contributed by atoms with Gasteiger partial charge in [0, 0.05) is 25.2 Å². The van der Waals surface area contributed by atoms with Crippen LogP contribution in [-0.2, 0) is 9.47 Å². The fourth-order valence-corrected chi connectivity index (χ4v) is 2.99. The van der Waals surface area contributed by atoms with Crippen LogP contribution in [-0.4, -0.2) is 43.0 Å². The Morgan fingerprint density at radius 3 is 2.64 bits per heavy atom. The van der Waals surface area contributed by atoms with Crippen molar-refractivity contribution < 1.29 is 14.3 Å². The second kappa shape index (κ2) is 7.64. The smallest absolute Gasteiger partial charge is 0.407 e. The van der Waals surface area contributed by atoms with Gasteiger partial charge in [0.15, 0.2) is 0 Å². The van der Waals surface area contributed by atoms with Crippen molar-refractivity contribution in [2.45, 2.75) is 83.6 Å². The number of ether oxygens (including phenoxy) is 2. The molecule has 1 aliphatic carbocycles. The first-order valence-electron chi connectivity index (χ1n) is 8.72. The Bertz CT molecular complexity index is 363. The normalized spacial score (nSPS) is 27.3. The highest BCUT2D eigenvalue weighted by molar-refractivity contribution is 5.67. The molecule has 3 atom stereocenters. The summed E-state index contributed by atoms with van der Waals surface area (Å²) in [6.07, 6.45) is 5.78. The van der Waals surface area contributed by atoms with E-state index < -0.39 is 5.60 Å². The van der Waals surface area contributed by atoms with Crippen LogP contribution in [0.15, 0.2) is 0 Å². The predicted octanol–water partition coefficient (Wildman–Crippen LogP) is 2.84. The highest BCUT2D eigenvalue weighted by Gasteiger charge is 2.34. The number of hydrogen-bond donors (Lipinski definition) is 2. The fraction of sp³-hybridized carbons (Fsp3) is 0.941. The van der Waals surface area contributed by atoms with E-state index in [9.17, 15) is 4.79 Å². The molecule has 0 aromatic carbocycles. The Labute approximate surface area is 134 Å². The third-order valence-electron chi connectivity index (χ3n) is 4.33. The lowest BCUT2D eigenvalue weighted by Crippen LogP contribution is -2.50. The third kappa shape index (κ3) is 6.13. The molecule has 22 heavy (non-hydrogen) atoms. The summed E-state index contributed by atoms with van der Waals surface area (Å²) < 4.78 is 11.1. The molecule has 2 aliphatic rings. The summed E-state index contributed by atoms with van der Waals surface area (Å²) in [5, 5.41) is 6.67. The van der Waals surface area contributed by atoms with Crippen molar-refractivity contribution in [1.29, 1.82) is 0 Å². The molecule has 2 fully saturated rings. The third-order valence-corrected chi connectivity index (χ3v) is 4.33. The minimum Gasteiger partial charge on any atom is -0.444 e. The number of carbonyl (C=O) groups is 1. The average molecular weight is 312 g/mol. The first kappa shape index (κ1) is 17.5. The van der Waals surface area contributed by atoms with Gasteiger partial charge < -0.3 is 20.1 Å². The van der Waals surface area contributed by atoms with Gasteiger partial charge in [0.1, 0.15) is 5.60 Å². The zero-order valence-corrected chi connectivity index (χ0v) is 14.5. The average Bonchev–Trinajstić information content (AvgIpc) is 3.26. The van der Waals surface area contributed by atoms with E-state index >= 15 is 0 Å². The molecule has 1 heterocycles. The van der Waals surface area contributed by atoms with E-state index in [1.165, 1.54) is 12.8 Å². The van der Waals surface area contributed by atoms with Crippen LogP contribution in [0.25, 0.3) is 0 Å². The first-order valence-corrected chi connectivity index (χ1v) is 8.72. The van der Waals surface area contributed by atoms with Gasteiger partial charge in [-0.05, 0) is 58.8 Å². The van der Waals surface area contributed by atoms with Crippen LogP contribution in [0, 0.1) is 5.92 Å². The molecule has 2 N–H and O–H groups in total. The maximum atomic E-state index is 11.8. The molecule has 0 bridgehead atoms. The Balaban J connectivity index is 1.77. The van der Waals surface area contributed by atoms with Gasteiger partial charge in [-0.3, -0.25) is 0 Å². The van der Waals surface area contributed by atoms with Gasteiger partial charge in [-0.15, -0.1) is 0 Å². The first-order chi connectivity index (χ1) is 10.4. The molecule has 0 radical (unpaired) electrons. The molecule has 1 saturated heterocycles. The summed E-state index contributed by atoms with van der Waals surface area (Å²) >= 11 is 0. The van der Waals surface area contributed by atoms with Crippen LogP contribution in [0.4, 0.5) is 4.79 Å². The molecule has 128 valence electrons. The van der Waals surface area contributed by atoms with Gasteiger partial charge in [-0.2, -0.15) is 0 Å². The van der Waals surface area contributed by atoms with E-state index in [4.69, 9.17) is 9.47 Å². The quantitative estimate of drug-likeness (QED) is 0.792. The summed E-state index contributed by atoms with van der Waals surface area (Å²) in [4.78, 5) is 11.8. The van der Waals surface area contributed by atoms with Gasteiger partial charge in [0.25, 0.3) is 0 Å².